The Labute approximate surface area is 83.6 Å². The maximum Gasteiger partial charge on any atom is 0.122 e. The van der Waals surface area contributed by atoms with Crippen molar-refractivity contribution in [1.29, 1.82) is 0 Å². The zero-order valence-electron chi connectivity index (χ0n) is 8.45. The maximum absolute atomic E-state index is 10.2. The molecule has 0 saturated heterocycles. The first-order valence-electron chi connectivity index (χ1n) is 4.45. The number of hydrogen-bond donors (Lipinski definition) is 0. The van der Waals surface area contributed by atoms with E-state index in [1.54, 1.807) is 14.2 Å². The van der Waals surface area contributed by atoms with Crippen molar-refractivity contribution in [3.63, 3.8) is 0 Å². The Morgan fingerprint density at radius 2 is 1.71 bits per heavy atom. The Kier molecular flexibility index (Phi) is 3.98. The minimum Gasteiger partial charge on any atom is -0.497 e. The molecule has 0 spiro atoms. The van der Waals surface area contributed by atoms with Gasteiger partial charge in [-0.15, -0.1) is 0 Å². The Morgan fingerprint density at radius 1 is 1.14 bits per heavy atom. The van der Waals surface area contributed by atoms with Crippen LogP contribution >= 0.6 is 0 Å². The molecule has 0 aromatic heterocycles. The second-order valence-electron chi connectivity index (χ2n) is 2.93. The summed E-state index contributed by atoms with van der Waals surface area (Å²) in [6, 6.07) is 5.63. The summed E-state index contributed by atoms with van der Waals surface area (Å²) in [7, 11) is 3.22. The summed E-state index contributed by atoms with van der Waals surface area (Å²) >= 11 is 0. The molecular formula is C11H14O3. The van der Waals surface area contributed by atoms with Crippen LogP contribution < -0.4 is 9.47 Å². The standard InChI is InChI=1S/C11H14O3/c1-13-10-6-9(4-3-5-12)7-11(8-10)14-2/h5-8H,3-4H2,1-2H3. The molecule has 0 bridgehead atoms. The third-order valence-corrected chi connectivity index (χ3v) is 1.96. The van der Waals surface area contributed by atoms with Gasteiger partial charge in [-0.3, -0.25) is 0 Å². The van der Waals surface area contributed by atoms with E-state index in [1.807, 2.05) is 18.2 Å². The lowest BCUT2D eigenvalue weighted by Gasteiger charge is -2.07. The number of ether oxygens (including phenoxy) is 2. The number of aldehydes is 1. The fourth-order valence-corrected chi connectivity index (χ4v) is 1.24. The van der Waals surface area contributed by atoms with Gasteiger partial charge in [0.1, 0.15) is 17.8 Å². The second kappa shape index (κ2) is 5.27. The van der Waals surface area contributed by atoms with Crippen molar-refractivity contribution in [2.45, 2.75) is 12.8 Å². The van der Waals surface area contributed by atoms with Gasteiger partial charge in [0.25, 0.3) is 0 Å². The van der Waals surface area contributed by atoms with Gasteiger partial charge in [0.05, 0.1) is 14.2 Å². The molecule has 0 aliphatic heterocycles. The van der Waals surface area contributed by atoms with Crippen molar-refractivity contribution in [2.24, 2.45) is 0 Å². The quantitative estimate of drug-likeness (QED) is 0.671. The molecule has 0 aliphatic carbocycles. The molecule has 0 saturated carbocycles. The summed E-state index contributed by atoms with van der Waals surface area (Å²) in [5.41, 5.74) is 1.05. The first kappa shape index (κ1) is 10.6. The van der Waals surface area contributed by atoms with E-state index in [1.165, 1.54) is 0 Å². The molecule has 3 nitrogen and oxygen atoms in total. The molecule has 0 amide bonds. The minimum atomic E-state index is 0.524. The van der Waals surface area contributed by atoms with Crippen molar-refractivity contribution in [2.75, 3.05) is 14.2 Å². The molecule has 1 aromatic rings. The van der Waals surface area contributed by atoms with Gasteiger partial charge in [-0.2, -0.15) is 0 Å². The third-order valence-electron chi connectivity index (χ3n) is 1.96. The summed E-state index contributed by atoms with van der Waals surface area (Å²) in [4.78, 5) is 10.2. The van der Waals surface area contributed by atoms with Crippen LogP contribution in [0.25, 0.3) is 0 Å². The van der Waals surface area contributed by atoms with Crippen LogP contribution in [-0.2, 0) is 11.2 Å². The molecule has 14 heavy (non-hydrogen) atoms. The SMILES string of the molecule is COc1cc(CCC=O)cc(OC)c1. The van der Waals surface area contributed by atoms with E-state index in [0.29, 0.717) is 6.42 Å². The fourth-order valence-electron chi connectivity index (χ4n) is 1.24. The van der Waals surface area contributed by atoms with Crippen molar-refractivity contribution in [3.8, 4) is 11.5 Å². The van der Waals surface area contributed by atoms with Gasteiger partial charge in [0.2, 0.25) is 0 Å². The number of benzene rings is 1. The van der Waals surface area contributed by atoms with E-state index in [4.69, 9.17) is 9.47 Å². The fraction of sp³-hybridized carbons (Fsp3) is 0.364. The van der Waals surface area contributed by atoms with Crippen molar-refractivity contribution in [1.82, 2.24) is 0 Å². The molecule has 0 N–H and O–H groups in total. The Morgan fingerprint density at radius 3 is 2.14 bits per heavy atom. The molecule has 0 heterocycles. The number of hydrogen-bond acceptors (Lipinski definition) is 3. The molecule has 3 heteroatoms. The van der Waals surface area contributed by atoms with Gasteiger partial charge in [0.15, 0.2) is 0 Å². The van der Waals surface area contributed by atoms with Crippen molar-refractivity contribution in [3.05, 3.63) is 23.8 Å². The van der Waals surface area contributed by atoms with Crippen molar-refractivity contribution < 1.29 is 14.3 Å². The zero-order chi connectivity index (χ0) is 10.4. The predicted octanol–water partition coefficient (Wildman–Crippen LogP) is 1.84. The molecule has 0 fully saturated rings. The highest BCUT2D eigenvalue weighted by atomic mass is 16.5. The number of carbonyl (C=O) groups excluding carboxylic acids is 1. The van der Waals surface area contributed by atoms with E-state index in [2.05, 4.69) is 0 Å². The summed E-state index contributed by atoms with van der Waals surface area (Å²) in [6.45, 7) is 0. The number of methoxy groups -OCH3 is 2. The highest BCUT2D eigenvalue weighted by molar-refractivity contribution is 5.50. The van der Waals surface area contributed by atoms with E-state index in [0.717, 1.165) is 29.8 Å². The van der Waals surface area contributed by atoms with Crippen LogP contribution in [0.15, 0.2) is 18.2 Å². The van der Waals surface area contributed by atoms with Gasteiger partial charge in [-0.1, -0.05) is 0 Å². The second-order valence-corrected chi connectivity index (χ2v) is 2.93. The molecule has 76 valence electrons. The molecule has 0 unspecified atom stereocenters. The number of aryl methyl sites for hydroxylation is 1. The lowest BCUT2D eigenvalue weighted by Crippen LogP contribution is -1.92. The maximum atomic E-state index is 10.2. The first-order valence-corrected chi connectivity index (χ1v) is 4.45. The first-order chi connectivity index (χ1) is 6.80. The monoisotopic (exact) mass is 194 g/mol. The van der Waals surface area contributed by atoms with Gasteiger partial charge in [0, 0.05) is 12.5 Å². The Hall–Kier alpha value is -1.51. The van der Waals surface area contributed by atoms with E-state index >= 15 is 0 Å². The molecule has 0 aliphatic rings. The van der Waals surface area contributed by atoms with Crippen molar-refractivity contribution >= 4 is 6.29 Å². The molecule has 0 radical (unpaired) electrons. The smallest absolute Gasteiger partial charge is 0.122 e. The highest BCUT2D eigenvalue weighted by Gasteiger charge is 2.01. The lowest BCUT2D eigenvalue weighted by molar-refractivity contribution is -0.107. The number of rotatable bonds is 5. The largest absolute Gasteiger partial charge is 0.497 e. The van der Waals surface area contributed by atoms with E-state index in [-0.39, 0.29) is 0 Å². The Bertz CT molecular complexity index is 285. The molecular weight excluding hydrogens is 180 g/mol. The Balaban J connectivity index is 2.86. The average molecular weight is 194 g/mol. The summed E-state index contributed by atoms with van der Waals surface area (Å²) < 4.78 is 10.2. The van der Waals surface area contributed by atoms with E-state index < -0.39 is 0 Å². The van der Waals surface area contributed by atoms with Crippen LogP contribution in [0.1, 0.15) is 12.0 Å². The lowest BCUT2D eigenvalue weighted by atomic mass is 10.1. The molecule has 0 atom stereocenters. The topological polar surface area (TPSA) is 35.5 Å². The van der Waals surface area contributed by atoms with Crippen LogP contribution in [0, 0.1) is 0 Å². The number of carbonyl (C=O) groups is 1. The third kappa shape index (κ3) is 2.76. The summed E-state index contributed by atoms with van der Waals surface area (Å²) in [5.74, 6) is 1.51. The highest BCUT2D eigenvalue weighted by Crippen LogP contribution is 2.22. The van der Waals surface area contributed by atoms with Gasteiger partial charge in [-0.25, -0.2) is 0 Å². The molecule has 1 aromatic carbocycles. The van der Waals surface area contributed by atoms with Crippen LogP contribution in [0.5, 0.6) is 11.5 Å². The zero-order valence-corrected chi connectivity index (χ0v) is 8.45. The minimum absolute atomic E-state index is 0.524. The normalized spacial score (nSPS) is 9.57. The van der Waals surface area contributed by atoms with Gasteiger partial charge in [-0.05, 0) is 24.1 Å². The van der Waals surface area contributed by atoms with Crippen LogP contribution in [0.4, 0.5) is 0 Å². The summed E-state index contributed by atoms with van der Waals surface area (Å²) in [6.07, 6.45) is 2.15. The van der Waals surface area contributed by atoms with E-state index in [9.17, 15) is 4.79 Å². The van der Waals surface area contributed by atoms with Gasteiger partial charge < -0.3 is 14.3 Å². The van der Waals surface area contributed by atoms with Crippen LogP contribution in [0.3, 0.4) is 0 Å². The summed E-state index contributed by atoms with van der Waals surface area (Å²) in [5, 5.41) is 0. The predicted molar refractivity (Wildman–Crippen MR) is 53.9 cm³/mol. The van der Waals surface area contributed by atoms with Crippen LogP contribution in [-0.4, -0.2) is 20.5 Å². The van der Waals surface area contributed by atoms with Gasteiger partial charge >= 0.3 is 0 Å². The average Bonchev–Trinajstić information content (AvgIpc) is 2.25. The molecule has 1 rings (SSSR count). The van der Waals surface area contributed by atoms with Crippen LogP contribution in [0.2, 0.25) is 0 Å².